The number of aryl methyl sites for hydroxylation is 1. The van der Waals surface area contributed by atoms with Crippen LogP contribution in [0.1, 0.15) is 16.1 Å². The molecule has 84 valence electrons. The smallest absolute Gasteiger partial charge is 0.291 e. The fourth-order valence-corrected chi connectivity index (χ4v) is 1.54. The summed E-state index contributed by atoms with van der Waals surface area (Å²) in [6.45, 7) is 2.58. The second-order valence-corrected chi connectivity index (χ2v) is 3.43. The summed E-state index contributed by atoms with van der Waals surface area (Å²) in [4.78, 5) is 25.8. The van der Waals surface area contributed by atoms with E-state index < -0.39 is 4.92 Å². The van der Waals surface area contributed by atoms with Crippen LogP contribution in [0.3, 0.4) is 0 Å². The summed E-state index contributed by atoms with van der Waals surface area (Å²) in [5.41, 5.74) is 0.373. The minimum atomic E-state index is -0.541. The molecule has 2 heterocycles. The van der Waals surface area contributed by atoms with Crippen LogP contribution in [0.4, 0.5) is 11.5 Å². The lowest BCUT2D eigenvalue weighted by atomic mass is 10.2. The van der Waals surface area contributed by atoms with E-state index in [0.717, 1.165) is 0 Å². The second kappa shape index (κ2) is 3.76. The number of anilines is 1. The highest BCUT2D eigenvalue weighted by molar-refractivity contribution is 6.00. The molecule has 2 N–H and O–H groups in total. The van der Waals surface area contributed by atoms with Crippen LogP contribution in [-0.4, -0.2) is 28.9 Å². The van der Waals surface area contributed by atoms with Gasteiger partial charge in [0.05, 0.1) is 10.5 Å². The zero-order valence-corrected chi connectivity index (χ0v) is 8.61. The van der Waals surface area contributed by atoms with Gasteiger partial charge in [0, 0.05) is 19.2 Å². The van der Waals surface area contributed by atoms with Crippen molar-refractivity contribution in [3.8, 4) is 0 Å². The molecule has 2 rings (SSSR count). The number of nitrogens with one attached hydrogen (secondary N) is 2. The molecule has 1 amide bonds. The first kappa shape index (κ1) is 10.3. The first-order valence-electron chi connectivity index (χ1n) is 4.77. The predicted octanol–water partition coefficient (Wildman–Crippen LogP) is 0.454. The van der Waals surface area contributed by atoms with Gasteiger partial charge >= 0.3 is 0 Å². The highest BCUT2D eigenvalue weighted by Crippen LogP contribution is 2.23. The van der Waals surface area contributed by atoms with Gasteiger partial charge in [0.1, 0.15) is 11.5 Å². The maximum atomic E-state index is 11.6. The molecule has 0 spiro atoms. The molecular weight excluding hydrogens is 212 g/mol. The average molecular weight is 222 g/mol. The number of hydrogen-bond donors (Lipinski definition) is 2. The molecule has 0 aromatic carbocycles. The number of carbonyl (C=O) groups excluding carboxylic acids is 1. The monoisotopic (exact) mass is 222 g/mol. The Labute approximate surface area is 91.0 Å². The van der Waals surface area contributed by atoms with Crippen LogP contribution < -0.4 is 10.6 Å². The number of carbonyl (C=O) groups is 1. The van der Waals surface area contributed by atoms with E-state index in [1.165, 1.54) is 6.07 Å². The van der Waals surface area contributed by atoms with Crippen molar-refractivity contribution < 1.29 is 9.72 Å². The van der Waals surface area contributed by atoms with Crippen LogP contribution in [0.15, 0.2) is 6.07 Å². The van der Waals surface area contributed by atoms with Gasteiger partial charge in [-0.05, 0) is 6.92 Å². The number of nitrogens with zero attached hydrogens (tertiary/aromatic N) is 2. The van der Waals surface area contributed by atoms with Gasteiger partial charge in [-0.2, -0.15) is 0 Å². The Bertz CT molecular complexity index is 472. The quantitative estimate of drug-likeness (QED) is 0.531. The Hall–Kier alpha value is -2.18. The summed E-state index contributed by atoms with van der Waals surface area (Å²) in [5, 5.41) is 16.3. The molecule has 0 unspecified atom stereocenters. The van der Waals surface area contributed by atoms with Crippen molar-refractivity contribution >= 4 is 17.4 Å². The number of hydrogen-bond acceptors (Lipinski definition) is 5. The highest BCUT2D eigenvalue weighted by Gasteiger charge is 2.22. The highest BCUT2D eigenvalue weighted by atomic mass is 16.6. The van der Waals surface area contributed by atoms with Crippen molar-refractivity contribution in [2.24, 2.45) is 0 Å². The van der Waals surface area contributed by atoms with E-state index in [1.54, 1.807) is 6.92 Å². The molecule has 7 nitrogen and oxygen atoms in total. The number of fused-ring (bicyclic) bond motifs is 1. The molecule has 1 aromatic heterocycles. The molecule has 0 aliphatic carbocycles. The third kappa shape index (κ3) is 1.67. The van der Waals surface area contributed by atoms with E-state index >= 15 is 0 Å². The van der Waals surface area contributed by atoms with Crippen molar-refractivity contribution in [3.63, 3.8) is 0 Å². The summed E-state index contributed by atoms with van der Waals surface area (Å²) in [6, 6.07) is 1.26. The summed E-state index contributed by atoms with van der Waals surface area (Å²) >= 11 is 0. The van der Waals surface area contributed by atoms with Crippen molar-refractivity contribution in [1.29, 1.82) is 0 Å². The molecule has 16 heavy (non-hydrogen) atoms. The van der Waals surface area contributed by atoms with Gasteiger partial charge in [0.2, 0.25) is 0 Å². The molecule has 7 heteroatoms. The van der Waals surface area contributed by atoms with Crippen molar-refractivity contribution in [2.45, 2.75) is 6.92 Å². The molecule has 1 aliphatic rings. The minimum Gasteiger partial charge on any atom is -0.368 e. The molecule has 1 aromatic rings. The van der Waals surface area contributed by atoms with Crippen LogP contribution in [0.5, 0.6) is 0 Å². The molecule has 0 bridgehead atoms. The zero-order chi connectivity index (χ0) is 11.7. The lowest BCUT2D eigenvalue weighted by Gasteiger charge is -2.06. The van der Waals surface area contributed by atoms with Crippen LogP contribution >= 0.6 is 0 Å². The van der Waals surface area contributed by atoms with E-state index in [9.17, 15) is 14.9 Å². The Balaban J connectivity index is 2.57. The Morgan fingerprint density at radius 2 is 2.12 bits per heavy atom. The lowest BCUT2D eigenvalue weighted by molar-refractivity contribution is -0.385. The standard InChI is InChI=1S/C9H10N4O3/c1-5-7(13(15)16)4-6-8(12-5)10-2-3-11-9(6)14/h4H,2-3H2,1H3,(H,10,12)(H,11,14). The van der Waals surface area contributed by atoms with Gasteiger partial charge in [-0.1, -0.05) is 0 Å². The normalized spacial score (nSPS) is 14.4. The van der Waals surface area contributed by atoms with E-state index in [4.69, 9.17) is 0 Å². The van der Waals surface area contributed by atoms with E-state index in [-0.39, 0.29) is 17.2 Å². The maximum Gasteiger partial charge on any atom is 0.291 e. The van der Waals surface area contributed by atoms with Crippen LogP contribution in [0.2, 0.25) is 0 Å². The predicted molar refractivity (Wildman–Crippen MR) is 56.5 cm³/mol. The molecular formula is C9H10N4O3. The largest absolute Gasteiger partial charge is 0.368 e. The first-order chi connectivity index (χ1) is 7.59. The van der Waals surface area contributed by atoms with Crippen LogP contribution in [-0.2, 0) is 0 Å². The average Bonchev–Trinajstić information content (AvgIpc) is 2.39. The molecule has 0 radical (unpaired) electrons. The summed E-state index contributed by atoms with van der Waals surface area (Å²) in [6.07, 6.45) is 0. The number of rotatable bonds is 1. The molecule has 0 saturated heterocycles. The van der Waals surface area contributed by atoms with Crippen LogP contribution in [0.25, 0.3) is 0 Å². The topological polar surface area (TPSA) is 97.2 Å². The molecule has 1 aliphatic heterocycles. The number of pyridine rings is 1. The maximum absolute atomic E-state index is 11.6. The molecule has 0 fully saturated rings. The zero-order valence-electron chi connectivity index (χ0n) is 8.61. The Morgan fingerprint density at radius 1 is 1.44 bits per heavy atom. The summed E-state index contributed by atoms with van der Waals surface area (Å²) in [7, 11) is 0. The fraction of sp³-hybridized carbons (Fsp3) is 0.333. The van der Waals surface area contributed by atoms with Crippen molar-refractivity contribution in [3.05, 3.63) is 27.4 Å². The third-order valence-electron chi connectivity index (χ3n) is 2.33. The Kier molecular flexibility index (Phi) is 2.43. The third-order valence-corrected chi connectivity index (χ3v) is 2.33. The SMILES string of the molecule is Cc1nc2c(cc1[N+](=O)[O-])C(=O)NCCN2. The first-order valence-corrected chi connectivity index (χ1v) is 4.77. The van der Waals surface area contributed by atoms with Gasteiger partial charge in [-0.3, -0.25) is 14.9 Å². The van der Waals surface area contributed by atoms with Gasteiger partial charge in [0.15, 0.2) is 0 Å². The molecule has 0 saturated carbocycles. The van der Waals surface area contributed by atoms with Gasteiger partial charge in [0.25, 0.3) is 11.6 Å². The summed E-state index contributed by atoms with van der Waals surface area (Å²) < 4.78 is 0. The van der Waals surface area contributed by atoms with E-state index in [1.807, 2.05) is 0 Å². The number of amides is 1. The van der Waals surface area contributed by atoms with Gasteiger partial charge in [-0.25, -0.2) is 4.98 Å². The van der Waals surface area contributed by atoms with Crippen molar-refractivity contribution in [2.75, 3.05) is 18.4 Å². The van der Waals surface area contributed by atoms with Gasteiger partial charge < -0.3 is 10.6 Å². The second-order valence-electron chi connectivity index (χ2n) is 3.43. The number of nitro groups is 1. The van der Waals surface area contributed by atoms with E-state index in [2.05, 4.69) is 15.6 Å². The Morgan fingerprint density at radius 3 is 2.81 bits per heavy atom. The minimum absolute atomic E-state index is 0.141. The van der Waals surface area contributed by atoms with E-state index in [0.29, 0.717) is 24.6 Å². The van der Waals surface area contributed by atoms with Crippen molar-refractivity contribution in [1.82, 2.24) is 10.3 Å². The number of aromatic nitrogens is 1. The van der Waals surface area contributed by atoms with Gasteiger partial charge in [-0.15, -0.1) is 0 Å². The lowest BCUT2D eigenvalue weighted by Crippen LogP contribution is -2.24. The molecule has 0 atom stereocenters. The van der Waals surface area contributed by atoms with Crippen LogP contribution in [0, 0.1) is 17.0 Å². The summed E-state index contributed by atoms with van der Waals surface area (Å²) in [5.74, 6) is 0.0636. The fourth-order valence-electron chi connectivity index (χ4n) is 1.54.